The molecular weight excluding hydrogens is 292 g/mol. The van der Waals surface area contributed by atoms with Crippen LogP contribution in [0.4, 0.5) is 17.2 Å². The molecule has 2 N–H and O–H groups in total. The molecule has 0 aliphatic heterocycles. The van der Waals surface area contributed by atoms with Crippen LogP contribution >= 0.6 is 0 Å². The van der Waals surface area contributed by atoms with Crippen molar-refractivity contribution in [2.24, 2.45) is 0 Å². The maximum atomic E-state index is 12.2. The molecule has 3 aromatic rings. The Morgan fingerprint density at radius 3 is 2.70 bits per heavy atom. The van der Waals surface area contributed by atoms with Gasteiger partial charge in [0.15, 0.2) is 5.82 Å². The lowest BCUT2D eigenvalue weighted by Crippen LogP contribution is -2.12. The van der Waals surface area contributed by atoms with E-state index in [-0.39, 0.29) is 5.91 Å². The Bertz CT molecular complexity index is 842. The fourth-order valence-corrected chi connectivity index (χ4v) is 2.14. The fourth-order valence-electron chi connectivity index (χ4n) is 2.14. The third-order valence-electron chi connectivity index (χ3n) is 3.18. The predicted molar refractivity (Wildman–Crippen MR) is 87.9 cm³/mol. The van der Waals surface area contributed by atoms with E-state index in [0.29, 0.717) is 17.1 Å². The molecule has 0 saturated carbocycles. The summed E-state index contributed by atoms with van der Waals surface area (Å²) in [6.45, 7) is 3.78. The summed E-state index contributed by atoms with van der Waals surface area (Å²) in [5.74, 6) is 0.719. The maximum absolute atomic E-state index is 12.2. The molecule has 23 heavy (non-hydrogen) atoms. The van der Waals surface area contributed by atoms with Crippen LogP contribution in [0.25, 0.3) is 0 Å². The highest BCUT2D eigenvalue weighted by Gasteiger charge is 2.10. The number of carbonyl (C=O) groups excluding carboxylic acids is 1. The summed E-state index contributed by atoms with van der Waals surface area (Å²) in [5.41, 5.74) is 3.26. The molecule has 6 heteroatoms. The number of nitrogens with one attached hydrogen (secondary N) is 2. The zero-order valence-corrected chi connectivity index (χ0v) is 12.8. The molecule has 0 unspecified atom stereocenters. The van der Waals surface area contributed by atoms with Crippen molar-refractivity contribution in [2.45, 2.75) is 13.8 Å². The average molecular weight is 308 g/mol. The quantitative estimate of drug-likeness (QED) is 0.768. The largest absolute Gasteiger partial charge is 0.360 e. The normalized spacial score (nSPS) is 10.3. The molecule has 0 spiro atoms. The van der Waals surface area contributed by atoms with Crippen LogP contribution in [0, 0.1) is 13.8 Å². The second-order valence-electron chi connectivity index (χ2n) is 5.23. The minimum Gasteiger partial charge on any atom is -0.360 e. The van der Waals surface area contributed by atoms with Crippen molar-refractivity contribution >= 4 is 23.1 Å². The lowest BCUT2D eigenvalue weighted by Gasteiger charge is -2.08. The molecule has 6 nitrogen and oxygen atoms in total. The van der Waals surface area contributed by atoms with E-state index < -0.39 is 0 Å². The number of anilines is 3. The number of aromatic nitrogens is 2. The molecule has 2 heterocycles. The van der Waals surface area contributed by atoms with Crippen LogP contribution < -0.4 is 10.6 Å². The molecule has 1 aromatic carbocycles. The first-order valence-electron chi connectivity index (χ1n) is 7.13. The maximum Gasteiger partial charge on any atom is 0.258 e. The number of pyridine rings is 1. The van der Waals surface area contributed by atoms with Crippen LogP contribution in [0.1, 0.15) is 21.7 Å². The van der Waals surface area contributed by atoms with E-state index in [1.54, 1.807) is 25.3 Å². The molecule has 2 aromatic heterocycles. The molecule has 116 valence electrons. The monoisotopic (exact) mass is 308 g/mol. The van der Waals surface area contributed by atoms with Gasteiger partial charge in [0.2, 0.25) is 0 Å². The van der Waals surface area contributed by atoms with Gasteiger partial charge in [-0.25, -0.2) is 0 Å². The molecule has 0 saturated heterocycles. The van der Waals surface area contributed by atoms with E-state index in [1.807, 2.05) is 31.2 Å². The highest BCUT2D eigenvalue weighted by Crippen LogP contribution is 2.18. The Morgan fingerprint density at radius 2 is 1.96 bits per heavy atom. The van der Waals surface area contributed by atoms with E-state index in [1.165, 1.54) is 6.20 Å². The topological polar surface area (TPSA) is 80.0 Å². The summed E-state index contributed by atoms with van der Waals surface area (Å²) >= 11 is 0. The summed E-state index contributed by atoms with van der Waals surface area (Å²) in [6, 6.07) is 11.3. The van der Waals surface area contributed by atoms with Gasteiger partial charge >= 0.3 is 0 Å². The van der Waals surface area contributed by atoms with Gasteiger partial charge in [-0.1, -0.05) is 17.3 Å². The van der Waals surface area contributed by atoms with E-state index in [9.17, 15) is 4.79 Å². The fraction of sp³-hybridized carbons (Fsp3) is 0.118. The Morgan fingerprint density at radius 1 is 1.09 bits per heavy atom. The molecule has 3 rings (SSSR count). The minimum atomic E-state index is -0.293. The van der Waals surface area contributed by atoms with Crippen LogP contribution in [0.15, 0.2) is 53.3 Å². The molecule has 0 radical (unpaired) electrons. The third kappa shape index (κ3) is 3.74. The lowest BCUT2D eigenvalue weighted by atomic mass is 10.2. The van der Waals surface area contributed by atoms with E-state index in [4.69, 9.17) is 4.52 Å². The van der Waals surface area contributed by atoms with E-state index in [2.05, 4.69) is 20.8 Å². The van der Waals surface area contributed by atoms with Crippen LogP contribution in [-0.2, 0) is 0 Å². The first kappa shape index (κ1) is 14.8. The first-order chi connectivity index (χ1) is 11.1. The van der Waals surface area contributed by atoms with Crippen molar-refractivity contribution in [1.29, 1.82) is 0 Å². The summed E-state index contributed by atoms with van der Waals surface area (Å²) < 4.78 is 4.92. The van der Waals surface area contributed by atoms with Crippen LogP contribution in [0.3, 0.4) is 0 Å². The smallest absolute Gasteiger partial charge is 0.258 e. The SMILES string of the molecule is Cc1cccc(Nc2cncc(C(=O)Nc3cc(C)on3)c2)c1. The first-order valence-corrected chi connectivity index (χ1v) is 7.13. The number of rotatable bonds is 4. The molecule has 0 fully saturated rings. The van der Waals surface area contributed by atoms with Crippen molar-refractivity contribution < 1.29 is 9.32 Å². The van der Waals surface area contributed by atoms with Crippen molar-refractivity contribution in [3.63, 3.8) is 0 Å². The molecular formula is C17H16N4O2. The minimum absolute atomic E-state index is 0.293. The molecule has 0 atom stereocenters. The predicted octanol–water partition coefficient (Wildman–Crippen LogP) is 3.68. The van der Waals surface area contributed by atoms with Gasteiger partial charge in [-0.05, 0) is 37.6 Å². The Kier molecular flexibility index (Phi) is 4.05. The van der Waals surface area contributed by atoms with Crippen LogP contribution in [0.5, 0.6) is 0 Å². The molecule has 1 amide bonds. The summed E-state index contributed by atoms with van der Waals surface area (Å²) in [6.07, 6.45) is 3.17. The number of carbonyl (C=O) groups is 1. The summed E-state index contributed by atoms with van der Waals surface area (Å²) in [7, 11) is 0. The van der Waals surface area contributed by atoms with Gasteiger partial charge in [-0.2, -0.15) is 0 Å². The van der Waals surface area contributed by atoms with E-state index in [0.717, 1.165) is 16.9 Å². The number of nitrogens with zero attached hydrogens (tertiary/aromatic N) is 2. The van der Waals surface area contributed by atoms with Gasteiger partial charge in [-0.3, -0.25) is 9.78 Å². The van der Waals surface area contributed by atoms with Gasteiger partial charge in [0, 0.05) is 18.0 Å². The Hall–Kier alpha value is -3.15. The average Bonchev–Trinajstić information content (AvgIpc) is 2.92. The van der Waals surface area contributed by atoms with Gasteiger partial charge < -0.3 is 15.2 Å². The van der Waals surface area contributed by atoms with Crippen LogP contribution in [-0.4, -0.2) is 16.0 Å². The Balaban J connectivity index is 1.75. The number of hydrogen-bond donors (Lipinski definition) is 2. The van der Waals surface area contributed by atoms with Crippen molar-refractivity contribution in [1.82, 2.24) is 10.1 Å². The van der Waals surface area contributed by atoms with E-state index >= 15 is 0 Å². The number of benzene rings is 1. The van der Waals surface area contributed by atoms with Gasteiger partial charge in [-0.15, -0.1) is 0 Å². The van der Waals surface area contributed by atoms with Crippen molar-refractivity contribution in [2.75, 3.05) is 10.6 Å². The zero-order chi connectivity index (χ0) is 16.2. The zero-order valence-electron chi connectivity index (χ0n) is 12.8. The summed E-state index contributed by atoms with van der Waals surface area (Å²) in [4.78, 5) is 16.3. The second-order valence-corrected chi connectivity index (χ2v) is 5.23. The van der Waals surface area contributed by atoms with Crippen LogP contribution in [0.2, 0.25) is 0 Å². The highest BCUT2D eigenvalue weighted by atomic mass is 16.5. The third-order valence-corrected chi connectivity index (χ3v) is 3.18. The van der Waals surface area contributed by atoms with Gasteiger partial charge in [0.25, 0.3) is 5.91 Å². The standard InChI is InChI=1S/C17H16N4O2/c1-11-4-3-5-14(6-11)19-15-8-13(9-18-10-15)17(22)20-16-7-12(2)23-21-16/h3-10,19H,1-2H3,(H,20,21,22). The van der Waals surface area contributed by atoms with Crippen molar-refractivity contribution in [3.8, 4) is 0 Å². The molecule has 0 aliphatic carbocycles. The Labute approximate surface area is 133 Å². The van der Waals surface area contributed by atoms with Gasteiger partial charge in [0.05, 0.1) is 17.4 Å². The number of aryl methyl sites for hydroxylation is 2. The molecule has 0 bridgehead atoms. The number of hydrogen-bond acceptors (Lipinski definition) is 5. The lowest BCUT2D eigenvalue weighted by molar-refractivity contribution is 0.102. The number of amides is 1. The van der Waals surface area contributed by atoms with Gasteiger partial charge in [0.1, 0.15) is 5.76 Å². The summed E-state index contributed by atoms with van der Waals surface area (Å²) in [5, 5.41) is 9.64. The molecule has 0 aliphatic rings. The highest BCUT2D eigenvalue weighted by molar-refractivity contribution is 6.04. The van der Waals surface area contributed by atoms with Crippen molar-refractivity contribution in [3.05, 3.63) is 65.7 Å². The second kappa shape index (κ2) is 6.31.